The van der Waals surface area contributed by atoms with E-state index < -0.39 is 5.97 Å². The van der Waals surface area contributed by atoms with Crippen molar-refractivity contribution in [2.24, 2.45) is 0 Å². The summed E-state index contributed by atoms with van der Waals surface area (Å²) < 4.78 is 1.85. The quantitative estimate of drug-likeness (QED) is 0.744. The molecule has 0 radical (unpaired) electrons. The highest BCUT2D eigenvalue weighted by Crippen LogP contribution is 2.24. The molecule has 0 saturated heterocycles. The Bertz CT molecular complexity index is 429. The maximum absolute atomic E-state index is 11.1. The third kappa shape index (κ3) is 1.71. The molecule has 1 aromatic heterocycles. The van der Waals surface area contributed by atoms with E-state index in [0.717, 1.165) is 24.2 Å². The van der Waals surface area contributed by atoms with E-state index in [-0.39, 0.29) is 11.2 Å². The molecule has 5 heteroatoms. The van der Waals surface area contributed by atoms with Crippen molar-refractivity contribution in [2.75, 3.05) is 6.54 Å². The van der Waals surface area contributed by atoms with Crippen molar-refractivity contribution < 1.29 is 9.90 Å². The van der Waals surface area contributed by atoms with Crippen LogP contribution >= 0.6 is 0 Å². The summed E-state index contributed by atoms with van der Waals surface area (Å²) in [6.45, 7) is 7.59. The Kier molecular flexibility index (Phi) is 2.50. The number of aromatic nitrogens is 2. The average molecular weight is 223 g/mol. The first kappa shape index (κ1) is 11.1. The maximum Gasteiger partial charge on any atom is 0.356 e. The molecule has 0 unspecified atom stereocenters. The van der Waals surface area contributed by atoms with Gasteiger partial charge in [0, 0.05) is 30.8 Å². The van der Waals surface area contributed by atoms with Gasteiger partial charge in [-0.05, 0) is 20.8 Å². The van der Waals surface area contributed by atoms with Crippen molar-refractivity contribution in [3.63, 3.8) is 0 Å². The Morgan fingerprint density at radius 3 is 2.75 bits per heavy atom. The number of carboxylic acid groups (broad SMARTS) is 1. The van der Waals surface area contributed by atoms with E-state index in [1.54, 1.807) is 0 Å². The highest BCUT2D eigenvalue weighted by Gasteiger charge is 2.28. The molecule has 2 heterocycles. The van der Waals surface area contributed by atoms with Gasteiger partial charge >= 0.3 is 5.97 Å². The van der Waals surface area contributed by atoms with E-state index >= 15 is 0 Å². The van der Waals surface area contributed by atoms with Crippen molar-refractivity contribution in [3.05, 3.63) is 17.0 Å². The summed E-state index contributed by atoms with van der Waals surface area (Å²) >= 11 is 0. The Morgan fingerprint density at radius 2 is 2.19 bits per heavy atom. The van der Waals surface area contributed by atoms with Crippen molar-refractivity contribution >= 4 is 5.97 Å². The van der Waals surface area contributed by atoms with Crippen molar-refractivity contribution in [2.45, 2.75) is 39.3 Å². The predicted molar refractivity (Wildman–Crippen MR) is 59.6 cm³/mol. The zero-order valence-corrected chi connectivity index (χ0v) is 9.87. The van der Waals surface area contributed by atoms with Crippen LogP contribution in [0.4, 0.5) is 0 Å². The highest BCUT2D eigenvalue weighted by atomic mass is 16.4. The zero-order chi connectivity index (χ0) is 11.9. The van der Waals surface area contributed by atoms with Gasteiger partial charge in [0.25, 0.3) is 0 Å². The topological polar surface area (TPSA) is 67.2 Å². The van der Waals surface area contributed by atoms with Gasteiger partial charge in [-0.3, -0.25) is 4.68 Å². The van der Waals surface area contributed by atoms with Gasteiger partial charge in [0.2, 0.25) is 0 Å². The minimum absolute atomic E-state index is 0.172. The average Bonchev–Trinajstić information content (AvgIpc) is 2.56. The normalized spacial score (nSPS) is 15.9. The number of aromatic carboxylic acids is 1. The van der Waals surface area contributed by atoms with Crippen LogP contribution in [-0.2, 0) is 18.5 Å². The minimum atomic E-state index is -0.942. The lowest BCUT2D eigenvalue weighted by molar-refractivity contribution is 0.0687. The number of rotatable bonds is 1. The number of carboxylic acids is 1. The first-order chi connectivity index (χ1) is 7.41. The number of hydrogen-bond donors (Lipinski definition) is 2. The van der Waals surface area contributed by atoms with Crippen LogP contribution in [0.1, 0.15) is 42.5 Å². The molecule has 0 aliphatic carbocycles. The Hall–Kier alpha value is -1.36. The van der Waals surface area contributed by atoms with Crippen LogP contribution in [0.5, 0.6) is 0 Å². The Balaban J connectivity index is 2.59. The van der Waals surface area contributed by atoms with E-state index in [0.29, 0.717) is 6.54 Å². The zero-order valence-electron chi connectivity index (χ0n) is 9.87. The molecule has 1 aromatic rings. The van der Waals surface area contributed by atoms with Gasteiger partial charge in [-0.15, -0.1) is 0 Å². The van der Waals surface area contributed by atoms with Crippen molar-refractivity contribution in [3.8, 4) is 0 Å². The molecule has 1 aliphatic rings. The van der Waals surface area contributed by atoms with E-state index in [9.17, 15) is 4.79 Å². The fraction of sp³-hybridized carbons (Fsp3) is 0.636. The summed E-state index contributed by atoms with van der Waals surface area (Å²) in [4.78, 5) is 11.1. The molecule has 0 aromatic carbocycles. The molecule has 5 nitrogen and oxygen atoms in total. The molecule has 16 heavy (non-hydrogen) atoms. The molecule has 2 rings (SSSR count). The van der Waals surface area contributed by atoms with E-state index in [4.69, 9.17) is 5.11 Å². The van der Waals surface area contributed by atoms with E-state index in [1.165, 1.54) is 0 Å². The number of fused-ring (bicyclic) bond motifs is 1. The number of carbonyl (C=O) groups is 1. The summed E-state index contributed by atoms with van der Waals surface area (Å²) in [6, 6.07) is 0. The summed E-state index contributed by atoms with van der Waals surface area (Å²) in [6.07, 6.45) is 0.840. The predicted octanol–water partition coefficient (Wildman–Crippen LogP) is 0.982. The Labute approximate surface area is 94.5 Å². The van der Waals surface area contributed by atoms with Crippen LogP contribution in [0, 0.1) is 0 Å². The van der Waals surface area contributed by atoms with Crippen LogP contribution in [-0.4, -0.2) is 27.4 Å². The monoisotopic (exact) mass is 223 g/mol. The summed E-state index contributed by atoms with van der Waals surface area (Å²) in [5.74, 6) is -0.942. The third-order valence-electron chi connectivity index (χ3n) is 2.77. The molecule has 0 amide bonds. The Morgan fingerprint density at radius 1 is 1.50 bits per heavy atom. The minimum Gasteiger partial charge on any atom is -0.476 e. The molecule has 0 bridgehead atoms. The molecule has 0 spiro atoms. The van der Waals surface area contributed by atoms with Gasteiger partial charge in [0.05, 0.1) is 5.54 Å². The first-order valence-corrected chi connectivity index (χ1v) is 5.46. The number of nitrogens with zero attached hydrogens (tertiary/aromatic N) is 2. The van der Waals surface area contributed by atoms with Crippen LogP contribution in [0.25, 0.3) is 0 Å². The smallest absolute Gasteiger partial charge is 0.356 e. The van der Waals surface area contributed by atoms with Crippen LogP contribution < -0.4 is 5.32 Å². The molecular formula is C11H17N3O2. The van der Waals surface area contributed by atoms with Crippen molar-refractivity contribution in [1.29, 1.82) is 0 Å². The summed E-state index contributed by atoms with van der Waals surface area (Å²) in [5.41, 5.74) is 1.92. The molecule has 88 valence electrons. The molecule has 0 fully saturated rings. The van der Waals surface area contributed by atoms with E-state index in [1.807, 2.05) is 25.5 Å². The van der Waals surface area contributed by atoms with Crippen LogP contribution in [0.3, 0.4) is 0 Å². The van der Waals surface area contributed by atoms with Gasteiger partial charge < -0.3 is 10.4 Å². The second-order valence-corrected chi connectivity index (χ2v) is 5.09. The van der Waals surface area contributed by atoms with Gasteiger partial charge in [0.15, 0.2) is 5.69 Å². The number of hydrogen-bond acceptors (Lipinski definition) is 3. The fourth-order valence-corrected chi connectivity index (χ4v) is 2.07. The highest BCUT2D eigenvalue weighted by molar-refractivity contribution is 5.87. The van der Waals surface area contributed by atoms with Gasteiger partial charge in [0.1, 0.15) is 0 Å². The first-order valence-electron chi connectivity index (χ1n) is 5.46. The lowest BCUT2D eigenvalue weighted by Crippen LogP contribution is -2.30. The molecular weight excluding hydrogens is 206 g/mol. The largest absolute Gasteiger partial charge is 0.476 e. The SMILES string of the molecule is CC(C)(C)n1nc(C(=O)O)c2c1CCNC2. The van der Waals surface area contributed by atoms with Gasteiger partial charge in [-0.2, -0.15) is 5.10 Å². The molecule has 1 aliphatic heterocycles. The maximum atomic E-state index is 11.1. The summed E-state index contributed by atoms with van der Waals surface area (Å²) in [7, 11) is 0. The lowest BCUT2D eigenvalue weighted by Gasteiger charge is -2.24. The van der Waals surface area contributed by atoms with Crippen LogP contribution in [0.2, 0.25) is 0 Å². The number of nitrogens with one attached hydrogen (secondary N) is 1. The fourth-order valence-electron chi connectivity index (χ4n) is 2.07. The molecule has 0 saturated carbocycles. The summed E-state index contributed by atoms with van der Waals surface area (Å²) in [5, 5.41) is 16.5. The molecule has 2 N–H and O–H groups in total. The third-order valence-corrected chi connectivity index (χ3v) is 2.77. The van der Waals surface area contributed by atoms with Gasteiger partial charge in [-0.25, -0.2) is 4.79 Å². The lowest BCUT2D eigenvalue weighted by atomic mass is 10.0. The molecule has 0 atom stereocenters. The standard InChI is InChI=1S/C11H17N3O2/c1-11(2,3)14-8-4-5-12-6-7(8)9(13-14)10(15)16/h12H,4-6H2,1-3H3,(H,15,16). The second kappa shape index (κ2) is 3.59. The van der Waals surface area contributed by atoms with Gasteiger partial charge in [-0.1, -0.05) is 0 Å². The second-order valence-electron chi connectivity index (χ2n) is 5.09. The van der Waals surface area contributed by atoms with Crippen LogP contribution in [0.15, 0.2) is 0 Å². The van der Waals surface area contributed by atoms with E-state index in [2.05, 4.69) is 10.4 Å². The van der Waals surface area contributed by atoms with Crippen molar-refractivity contribution in [1.82, 2.24) is 15.1 Å².